The monoisotopic (exact) mass is 338 g/mol. The van der Waals surface area contributed by atoms with E-state index in [4.69, 9.17) is 5.73 Å². The number of nitrogens with zero attached hydrogens (tertiary/aromatic N) is 2. The van der Waals surface area contributed by atoms with Gasteiger partial charge in [-0.1, -0.05) is 30.3 Å². The number of benzene rings is 1. The number of hydrogen-bond acceptors (Lipinski definition) is 3. The number of nitrogens with two attached hydrogens (primary N) is 1. The molecular weight excluding hydrogens is 316 g/mol. The zero-order valence-electron chi connectivity index (χ0n) is 14.0. The maximum absolute atomic E-state index is 12.9. The number of carbonyl (C=O) groups is 2. The number of hydrogen-bond donors (Lipinski definition) is 2. The molecule has 25 heavy (non-hydrogen) atoms. The van der Waals surface area contributed by atoms with Gasteiger partial charge in [0.05, 0.1) is 0 Å². The first kappa shape index (κ1) is 15.9. The van der Waals surface area contributed by atoms with Crippen LogP contribution >= 0.6 is 0 Å². The third-order valence-corrected chi connectivity index (χ3v) is 5.36. The van der Waals surface area contributed by atoms with E-state index in [-0.39, 0.29) is 23.4 Å². The number of H-pyrrole nitrogens is 1. The van der Waals surface area contributed by atoms with Gasteiger partial charge in [0.25, 0.3) is 5.91 Å². The summed E-state index contributed by atoms with van der Waals surface area (Å²) < 4.78 is 0. The number of aromatic amines is 1. The Balaban J connectivity index is 1.41. The van der Waals surface area contributed by atoms with Crippen LogP contribution in [0.5, 0.6) is 0 Å². The van der Waals surface area contributed by atoms with Crippen molar-refractivity contribution in [1.82, 2.24) is 15.1 Å². The minimum atomic E-state index is -0.532. The molecule has 0 bridgehead atoms. The van der Waals surface area contributed by atoms with E-state index in [0.717, 1.165) is 31.5 Å². The minimum Gasteiger partial charge on any atom is -0.364 e. The van der Waals surface area contributed by atoms with Gasteiger partial charge in [-0.3, -0.25) is 14.7 Å². The van der Waals surface area contributed by atoms with E-state index in [1.165, 1.54) is 5.56 Å². The molecule has 1 aliphatic carbocycles. The lowest BCUT2D eigenvalue weighted by molar-refractivity contribution is -0.133. The summed E-state index contributed by atoms with van der Waals surface area (Å²) in [6.45, 7) is 1.49. The normalized spacial score (nSPS) is 25.6. The zero-order chi connectivity index (χ0) is 17.4. The Morgan fingerprint density at radius 2 is 2.04 bits per heavy atom. The molecule has 2 aliphatic rings. The van der Waals surface area contributed by atoms with Gasteiger partial charge in [-0.25, -0.2) is 0 Å². The molecule has 2 amide bonds. The number of likely N-dealkylation sites (tertiary alicyclic amines) is 1. The van der Waals surface area contributed by atoms with Crippen LogP contribution in [0.4, 0.5) is 0 Å². The van der Waals surface area contributed by atoms with Gasteiger partial charge >= 0.3 is 0 Å². The second-order valence-corrected chi connectivity index (χ2v) is 7.06. The van der Waals surface area contributed by atoms with Crippen LogP contribution in [0.15, 0.2) is 36.4 Å². The SMILES string of the molecule is NC(=O)c1cc([C@@H]2CCCN(C(=O)[C@@H]3C[C@H]3c3ccccc3)C2)[nH]n1. The van der Waals surface area contributed by atoms with Crippen LogP contribution in [0.2, 0.25) is 0 Å². The first-order chi connectivity index (χ1) is 12.1. The molecule has 130 valence electrons. The number of rotatable bonds is 4. The van der Waals surface area contributed by atoms with Crippen molar-refractivity contribution in [3.63, 3.8) is 0 Å². The fraction of sp³-hybridized carbons (Fsp3) is 0.421. The summed E-state index contributed by atoms with van der Waals surface area (Å²) in [4.78, 5) is 26.1. The van der Waals surface area contributed by atoms with E-state index >= 15 is 0 Å². The second-order valence-electron chi connectivity index (χ2n) is 7.06. The topological polar surface area (TPSA) is 92.1 Å². The number of nitrogens with one attached hydrogen (secondary N) is 1. The van der Waals surface area contributed by atoms with Crippen molar-refractivity contribution < 1.29 is 9.59 Å². The average Bonchev–Trinajstić information content (AvgIpc) is 3.29. The maximum Gasteiger partial charge on any atom is 0.269 e. The van der Waals surface area contributed by atoms with Crippen LogP contribution < -0.4 is 5.73 Å². The molecule has 3 atom stereocenters. The van der Waals surface area contributed by atoms with Crippen molar-refractivity contribution >= 4 is 11.8 Å². The van der Waals surface area contributed by atoms with Crippen LogP contribution in [-0.4, -0.2) is 40.0 Å². The second kappa shape index (κ2) is 6.35. The third kappa shape index (κ3) is 3.16. The van der Waals surface area contributed by atoms with Gasteiger partial charge in [0.15, 0.2) is 0 Å². The lowest BCUT2D eigenvalue weighted by Gasteiger charge is -2.32. The van der Waals surface area contributed by atoms with Crippen LogP contribution in [0.1, 0.15) is 52.8 Å². The summed E-state index contributed by atoms with van der Waals surface area (Å²) in [5.41, 5.74) is 7.67. The Morgan fingerprint density at radius 1 is 1.24 bits per heavy atom. The molecule has 2 fully saturated rings. The van der Waals surface area contributed by atoms with Crippen molar-refractivity contribution in [2.45, 2.75) is 31.1 Å². The summed E-state index contributed by atoms with van der Waals surface area (Å²) in [5, 5.41) is 6.86. The van der Waals surface area contributed by atoms with E-state index in [0.29, 0.717) is 12.5 Å². The smallest absolute Gasteiger partial charge is 0.269 e. The molecule has 1 saturated carbocycles. The van der Waals surface area contributed by atoms with Crippen molar-refractivity contribution in [3.8, 4) is 0 Å². The molecule has 3 N–H and O–H groups in total. The highest BCUT2D eigenvalue weighted by Crippen LogP contribution is 2.48. The highest BCUT2D eigenvalue weighted by molar-refractivity contribution is 5.90. The molecule has 6 nitrogen and oxygen atoms in total. The lowest BCUT2D eigenvalue weighted by atomic mass is 9.94. The van der Waals surface area contributed by atoms with E-state index in [1.807, 2.05) is 23.1 Å². The summed E-state index contributed by atoms with van der Waals surface area (Å²) in [6.07, 6.45) is 2.89. The van der Waals surface area contributed by atoms with Crippen molar-refractivity contribution in [1.29, 1.82) is 0 Å². The average molecular weight is 338 g/mol. The Kier molecular flexibility index (Phi) is 4.03. The molecule has 6 heteroatoms. The van der Waals surface area contributed by atoms with E-state index in [9.17, 15) is 9.59 Å². The lowest BCUT2D eigenvalue weighted by Crippen LogP contribution is -2.40. The predicted molar refractivity (Wildman–Crippen MR) is 93.0 cm³/mol. The number of primary amides is 1. The quantitative estimate of drug-likeness (QED) is 0.893. The van der Waals surface area contributed by atoms with E-state index in [2.05, 4.69) is 22.3 Å². The minimum absolute atomic E-state index is 0.115. The Hall–Kier alpha value is -2.63. The van der Waals surface area contributed by atoms with E-state index in [1.54, 1.807) is 6.07 Å². The molecule has 2 heterocycles. The van der Waals surface area contributed by atoms with Gasteiger partial charge in [-0.05, 0) is 36.8 Å². The predicted octanol–water partition coefficient (Wildman–Crippen LogP) is 2.02. The standard InChI is InChI=1S/C19H22N4O2/c20-18(24)17-10-16(21-22-17)13-7-4-8-23(11-13)19(25)15-9-14(15)12-5-2-1-3-6-12/h1-3,5-6,10,13-15H,4,7-9,11H2,(H2,20,24)(H,21,22)/t13-,14+,15-/m1/s1. The van der Waals surface area contributed by atoms with Gasteiger partial charge in [-0.15, -0.1) is 0 Å². The van der Waals surface area contributed by atoms with Crippen LogP contribution in [0.25, 0.3) is 0 Å². The molecule has 1 saturated heterocycles. The van der Waals surface area contributed by atoms with Gasteiger partial charge in [0.1, 0.15) is 5.69 Å². The Morgan fingerprint density at radius 3 is 2.76 bits per heavy atom. The highest BCUT2D eigenvalue weighted by Gasteiger charge is 2.46. The zero-order valence-corrected chi connectivity index (χ0v) is 14.0. The largest absolute Gasteiger partial charge is 0.364 e. The molecule has 1 aromatic heterocycles. The van der Waals surface area contributed by atoms with Crippen molar-refractivity contribution in [2.24, 2.45) is 11.7 Å². The Labute approximate surface area is 146 Å². The summed E-state index contributed by atoms with van der Waals surface area (Å²) in [6, 6.07) is 12.0. The summed E-state index contributed by atoms with van der Waals surface area (Å²) in [7, 11) is 0. The van der Waals surface area contributed by atoms with Crippen LogP contribution in [0.3, 0.4) is 0 Å². The van der Waals surface area contributed by atoms with Crippen LogP contribution in [0, 0.1) is 5.92 Å². The fourth-order valence-corrected chi connectivity index (χ4v) is 3.87. The number of carbonyl (C=O) groups excluding carboxylic acids is 2. The molecule has 0 unspecified atom stereocenters. The van der Waals surface area contributed by atoms with Gasteiger partial charge < -0.3 is 10.6 Å². The fourth-order valence-electron chi connectivity index (χ4n) is 3.87. The first-order valence-corrected chi connectivity index (χ1v) is 8.82. The third-order valence-electron chi connectivity index (χ3n) is 5.36. The molecule has 0 spiro atoms. The Bertz CT molecular complexity index is 786. The van der Waals surface area contributed by atoms with E-state index < -0.39 is 5.91 Å². The number of aromatic nitrogens is 2. The number of piperidine rings is 1. The van der Waals surface area contributed by atoms with Gasteiger partial charge in [0.2, 0.25) is 5.91 Å². The molecule has 1 aromatic carbocycles. The number of amides is 2. The first-order valence-electron chi connectivity index (χ1n) is 8.82. The van der Waals surface area contributed by atoms with Crippen molar-refractivity contribution in [2.75, 3.05) is 13.1 Å². The highest BCUT2D eigenvalue weighted by atomic mass is 16.2. The summed E-state index contributed by atoms with van der Waals surface area (Å²) >= 11 is 0. The van der Waals surface area contributed by atoms with Gasteiger partial charge in [-0.2, -0.15) is 5.10 Å². The summed E-state index contributed by atoms with van der Waals surface area (Å²) in [5.74, 6) is 0.391. The molecule has 4 rings (SSSR count). The van der Waals surface area contributed by atoms with Crippen molar-refractivity contribution in [3.05, 3.63) is 53.3 Å². The maximum atomic E-state index is 12.9. The molecular formula is C19H22N4O2. The van der Waals surface area contributed by atoms with Crippen LogP contribution in [-0.2, 0) is 4.79 Å². The molecule has 2 aromatic rings. The molecule has 0 radical (unpaired) electrons. The van der Waals surface area contributed by atoms with Gasteiger partial charge in [0, 0.05) is 30.6 Å². The molecule has 1 aliphatic heterocycles.